The van der Waals surface area contributed by atoms with Gasteiger partial charge in [0.05, 0.1) is 24.5 Å². The van der Waals surface area contributed by atoms with Crippen LogP contribution in [0.1, 0.15) is 5.76 Å². The predicted octanol–water partition coefficient (Wildman–Crippen LogP) is 4.10. The van der Waals surface area contributed by atoms with E-state index >= 15 is 0 Å². The van der Waals surface area contributed by atoms with Gasteiger partial charge < -0.3 is 25.2 Å². The standard InChI is InChI=1S/C24H19N3O4S/c1-30-21-12-15(26-24(32)19(22(25)28)13-16-6-4-10-31-16)8-9-17(21)18-11-14-5-2-3-7-20(14)27-23(18)29/h2-13H,1H3,(H2,25,28)(H,26,32)(H,27,29). The van der Waals surface area contributed by atoms with Gasteiger partial charge in [-0.3, -0.25) is 9.59 Å². The number of rotatable bonds is 6. The second-order valence-corrected chi connectivity index (χ2v) is 7.31. The van der Waals surface area contributed by atoms with Crippen LogP contribution < -0.4 is 21.3 Å². The summed E-state index contributed by atoms with van der Waals surface area (Å²) in [6, 6.07) is 17.9. The molecular formula is C24H19N3O4S. The molecule has 4 aromatic rings. The number of pyridine rings is 1. The third-order valence-electron chi connectivity index (χ3n) is 4.84. The lowest BCUT2D eigenvalue weighted by atomic mass is 10.0. The molecule has 0 bridgehead atoms. The van der Waals surface area contributed by atoms with Gasteiger partial charge in [0.15, 0.2) is 0 Å². The molecule has 7 nitrogen and oxygen atoms in total. The summed E-state index contributed by atoms with van der Waals surface area (Å²) < 4.78 is 10.8. The Morgan fingerprint density at radius 3 is 2.66 bits per heavy atom. The lowest BCUT2D eigenvalue weighted by molar-refractivity contribution is -0.114. The molecule has 0 atom stereocenters. The first-order valence-corrected chi connectivity index (χ1v) is 10.0. The van der Waals surface area contributed by atoms with Gasteiger partial charge in [-0.05, 0) is 47.9 Å². The zero-order chi connectivity index (χ0) is 22.7. The zero-order valence-electron chi connectivity index (χ0n) is 17.0. The topological polar surface area (TPSA) is 110 Å². The number of nitrogens with one attached hydrogen (secondary N) is 2. The minimum Gasteiger partial charge on any atom is -0.496 e. The number of anilines is 1. The van der Waals surface area contributed by atoms with Gasteiger partial charge in [-0.2, -0.15) is 0 Å². The number of hydrogen-bond donors (Lipinski definition) is 3. The molecule has 0 aliphatic rings. The van der Waals surface area contributed by atoms with Crippen LogP contribution in [0.3, 0.4) is 0 Å². The highest BCUT2D eigenvalue weighted by atomic mass is 32.1. The normalized spacial score (nSPS) is 11.3. The number of thiocarbonyl (C=S) groups is 1. The summed E-state index contributed by atoms with van der Waals surface area (Å²) >= 11 is 5.37. The maximum absolute atomic E-state index is 12.7. The van der Waals surface area contributed by atoms with E-state index in [1.807, 2.05) is 30.3 Å². The molecule has 8 heteroatoms. The van der Waals surface area contributed by atoms with Gasteiger partial charge in [-0.15, -0.1) is 0 Å². The molecule has 32 heavy (non-hydrogen) atoms. The molecule has 0 unspecified atom stereocenters. The van der Waals surface area contributed by atoms with Crippen molar-refractivity contribution >= 4 is 45.8 Å². The van der Waals surface area contributed by atoms with Gasteiger partial charge in [0.1, 0.15) is 16.5 Å². The SMILES string of the molecule is COc1cc(NC(=S)C(=Cc2ccco2)C(N)=O)ccc1-c1cc2ccccc2[nH]c1=O. The van der Waals surface area contributed by atoms with Crippen molar-refractivity contribution in [2.24, 2.45) is 5.73 Å². The number of ether oxygens (including phenoxy) is 1. The molecule has 0 saturated heterocycles. The number of furan rings is 1. The molecular weight excluding hydrogens is 426 g/mol. The molecule has 160 valence electrons. The van der Waals surface area contributed by atoms with Gasteiger partial charge in [0.25, 0.3) is 11.5 Å². The molecule has 2 heterocycles. The maximum atomic E-state index is 12.7. The first-order valence-electron chi connectivity index (χ1n) is 9.63. The first kappa shape index (κ1) is 21.1. The number of methoxy groups -OCH3 is 1. The minimum atomic E-state index is -0.690. The van der Waals surface area contributed by atoms with Crippen molar-refractivity contribution in [2.45, 2.75) is 0 Å². The quantitative estimate of drug-likeness (QED) is 0.304. The van der Waals surface area contributed by atoms with E-state index in [4.69, 9.17) is 27.1 Å². The Labute approximate surface area is 188 Å². The maximum Gasteiger partial charge on any atom is 0.256 e. The van der Waals surface area contributed by atoms with Gasteiger partial charge in [-0.25, -0.2) is 0 Å². The third-order valence-corrected chi connectivity index (χ3v) is 5.16. The van der Waals surface area contributed by atoms with Crippen molar-refractivity contribution in [3.8, 4) is 16.9 Å². The number of aromatic nitrogens is 1. The van der Waals surface area contributed by atoms with E-state index < -0.39 is 5.91 Å². The number of benzene rings is 2. The monoisotopic (exact) mass is 445 g/mol. The highest BCUT2D eigenvalue weighted by Crippen LogP contribution is 2.32. The number of fused-ring (bicyclic) bond motifs is 1. The van der Waals surface area contributed by atoms with Crippen LogP contribution in [0.2, 0.25) is 0 Å². The Morgan fingerprint density at radius 2 is 1.94 bits per heavy atom. The van der Waals surface area contributed by atoms with Crippen molar-refractivity contribution in [3.63, 3.8) is 0 Å². The Bertz CT molecular complexity index is 1400. The molecule has 1 amide bonds. The highest BCUT2D eigenvalue weighted by molar-refractivity contribution is 7.81. The summed E-state index contributed by atoms with van der Waals surface area (Å²) in [4.78, 5) is 27.6. The first-order chi connectivity index (χ1) is 15.5. The lowest BCUT2D eigenvalue weighted by Crippen LogP contribution is -2.24. The number of hydrogen-bond acceptors (Lipinski definition) is 5. The van der Waals surface area contributed by atoms with Crippen LogP contribution in [0, 0.1) is 0 Å². The van der Waals surface area contributed by atoms with Crippen molar-refractivity contribution < 1.29 is 13.9 Å². The van der Waals surface area contributed by atoms with Crippen molar-refractivity contribution in [1.82, 2.24) is 4.98 Å². The van der Waals surface area contributed by atoms with Crippen LogP contribution in [-0.2, 0) is 4.79 Å². The van der Waals surface area contributed by atoms with Crippen LogP contribution in [-0.4, -0.2) is 23.0 Å². The fraction of sp³-hybridized carbons (Fsp3) is 0.0417. The van der Waals surface area contributed by atoms with E-state index in [2.05, 4.69) is 10.3 Å². The van der Waals surface area contributed by atoms with E-state index in [9.17, 15) is 9.59 Å². The Balaban J connectivity index is 1.67. The summed E-state index contributed by atoms with van der Waals surface area (Å²) in [5.41, 5.74) is 7.79. The number of H-pyrrole nitrogens is 1. The summed E-state index contributed by atoms with van der Waals surface area (Å²) in [7, 11) is 1.52. The summed E-state index contributed by atoms with van der Waals surface area (Å²) in [5.74, 6) is 0.228. The molecule has 0 aliphatic heterocycles. The zero-order valence-corrected chi connectivity index (χ0v) is 17.9. The highest BCUT2D eigenvalue weighted by Gasteiger charge is 2.16. The predicted molar refractivity (Wildman–Crippen MR) is 129 cm³/mol. The van der Waals surface area contributed by atoms with Crippen LogP contribution in [0.5, 0.6) is 5.75 Å². The van der Waals surface area contributed by atoms with E-state index in [1.54, 1.807) is 30.3 Å². The van der Waals surface area contributed by atoms with E-state index in [-0.39, 0.29) is 16.1 Å². The Morgan fingerprint density at radius 1 is 1.12 bits per heavy atom. The van der Waals surface area contributed by atoms with Crippen molar-refractivity contribution in [1.29, 1.82) is 0 Å². The molecule has 0 radical (unpaired) electrons. The second kappa shape index (κ2) is 8.91. The number of carbonyl (C=O) groups excluding carboxylic acids is 1. The van der Waals surface area contributed by atoms with E-state index in [0.717, 1.165) is 10.9 Å². The molecule has 0 spiro atoms. The summed E-state index contributed by atoms with van der Waals surface area (Å²) in [6.45, 7) is 0. The number of nitrogens with two attached hydrogens (primary N) is 1. The number of primary amides is 1. The van der Waals surface area contributed by atoms with Gasteiger partial charge in [0, 0.05) is 22.8 Å². The molecule has 4 N–H and O–H groups in total. The van der Waals surface area contributed by atoms with Gasteiger partial charge in [-0.1, -0.05) is 30.4 Å². The molecule has 2 aromatic heterocycles. The molecule has 0 fully saturated rings. The Kier molecular flexibility index (Phi) is 5.87. The number of carbonyl (C=O) groups is 1. The average molecular weight is 446 g/mol. The van der Waals surface area contributed by atoms with E-state index in [0.29, 0.717) is 28.3 Å². The van der Waals surface area contributed by atoms with Crippen molar-refractivity contribution in [3.05, 3.63) is 88.6 Å². The fourth-order valence-corrected chi connectivity index (χ4v) is 3.58. The van der Waals surface area contributed by atoms with Gasteiger partial charge >= 0.3 is 0 Å². The van der Waals surface area contributed by atoms with Crippen LogP contribution in [0.15, 0.2) is 81.7 Å². The lowest BCUT2D eigenvalue weighted by Gasteiger charge is -2.13. The molecule has 4 rings (SSSR count). The summed E-state index contributed by atoms with van der Waals surface area (Å²) in [6.07, 6.45) is 2.96. The van der Waals surface area contributed by atoms with E-state index in [1.165, 1.54) is 19.4 Å². The summed E-state index contributed by atoms with van der Waals surface area (Å²) in [5, 5.41) is 3.89. The largest absolute Gasteiger partial charge is 0.496 e. The fourth-order valence-electron chi connectivity index (χ4n) is 3.30. The third kappa shape index (κ3) is 4.30. The molecule has 2 aromatic carbocycles. The van der Waals surface area contributed by atoms with Gasteiger partial charge in [0.2, 0.25) is 0 Å². The molecule has 0 aliphatic carbocycles. The molecule has 0 saturated carbocycles. The van der Waals surface area contributed by atoms with Crippen molar-refractivity contribution in [2.75, 3.05) is 12.4 Å². The number of amides is 1. The second-order valence-electron chi connectivity index (χ2n) is 6.91. The average Bonchev–Trinajstić information content (AvgIpc) is 3.30. The smallest absolute Gasteiger partial charge is 0.256 e. The van der Waals surface area contributed by atoms with Crippen LogP contribution >= 0.6 is 12.2 Å². The number of aromatic amines is 1. The minimum absolute atomic E-state index is 0.101. The number of para-hydroxylation sites is 1. The van der Waals surface area contributed by atoms with Crippen LogP contribution in [0.4, 0.5) is 5.69 Å². The Hall–Kier alpha value is -4.17. The van der Waals surface area contributed by atoms with Crippen LogP contribution in [0.25, 0.3) is 28.1 Å².